The fourth-order valence-electron chi connectivity index (χ4n) is 2.70. The van der Waals surface area contributed by atoms with Crippen molar-refractivity contribution in [3.8, 4) is 11.6 Å². The maximum absolute atomic E-state index is 12.8. The number of carbonyl (C=O) groups excluding carboxylic acids is 1. The zero-order chi connectivity index (χ0) is 21.2. The first-order valence-corrected chi connectivity index (χ1v) is 9.03. The normalized spacial score (nSPS) is 11.6. The quantitative estimate of drug-likeness (QED) is 0.672. The summed E-state index contributed by atoms with van der Waals surface area (Å²) in [5.41, 5.74) is 2.68. The minimum absolute atomic E-state index is 0.0471. The van der Waals surface area contributed by atoms with Gasteiger partial charge in [0, 0.05) is 35.1 Å². The lowest BCUT2D eigenvalue weighted by molar-refractivity contribution is -0.0544. The van der Waals surface area contributed by atoms with Gasteiger partial charge in [0.25, 0.3) is 5.91 Å². The highest BCUT2D eigenvalue weighted by Crippen LogP contribution is 2.29. The standard InChI is InChI=1S/C21H22F2N4O2/c1-13-12-24-10-9-16(13)19(28)25-14-5-7-15(8-6-14)27-18(29-20(22)23)11-17(26-27)21(2,3)4/h5-12,20H,1-4H3,(H,25,28). The third-order valence-corrected chi connectivity index (χ3v) is 4.29. The van der Waals surface area contributed by atoms with E-state index in [0.717, 1.165) is 5.56 Å². The molecular formula is C21H22F2N4O2. The molecule has 0 fully saturated rings. The predicted molar refractivity (Wildman–Crippen MR) is 106 cm³/mol. The van der Waals surface area contributed by atoms with Crippen molar-refractivity contribution < 1.29 is 18.3 Å². The fourth-order valence-corrected chi connectivity index (χ4v) is 2.70. The molecule has 8 heteroatoms. The second-order valence-electron chi connectivity index (χ2n) is 7.60. The monoisotopic (exact) mass is 400 g/mol. The molecule has 0 atom stereocenters. The second-order valence-corrected chi connectivity index (χ2v) is 7.60. The number of amides is 1. The molecule has 3 aromatic rings. The van der Waals surface area contributed by atoms with Crippen LogP contribution in [0.15, 0.2) is 48.8 Å². The van der Waals surface area contributed by atoms with Gasteiger partial charge < -0.3 is 10.1 Å². The first-order valence-electron chi connectivity index (χ1n) is 9.03. The summed E-state index contributed by atoms with van der Waals surface area (Å²) >= 11 is 0. The minimum Gasteiger partial charge on any atom is -0.417 e. The van der Waals surface area contributed by atoms with Crippen LogP contribution in [0.1, 0.15) is 42.4 Å². The molecule has 1 amide bonds. The molecule has 0 aliphatic rings. The minimum atomic E-state index is -2.96. The largest absolute Gasteiger partial charge is 0.417 e. The fraction of sp³-hybridized carbons (Fsp3) is 0.286. The molecule has 2 heterocycles. The van der Waals surface area contributed by atoms with Crippen LogP contribution in [0, 0.1) is 6.92 Å². The zero-order valence-corrected chi connectivity index (χ0v) is 16.6. The maximum Gasteiger partial charge on any atom is 0.388 e. The smallest absolute Gasteiger partial charge is 0.388 e. The van der Waals surface area contributed by atoms with E-state index in [1.165, 1.54) is 10.7 Å². The SMILES string of the molecule is Cc1cnccc1C(=O)Nc1ccc(-n2nc(C(C)(C)C)cc2OC(F)F)cc1. The van der Waals surface area contributed by atoms with Crippen molar-refractivity contribution in [3.05, 3.63) is 65.6 Å². The Bertz CT molecular complexity index is 1010. The van der Waals surface area contributed by atoms with Crippen LogP contribution in [0.5, 0.6) is 5.88 Å². The summed E-state index contributed by atoms with van der Waals surface area (Å²) in [5.74, 6) is -0.303. The number of rotatable bonds is 5. The van der Waals surface area contributed by atoms with Gasteiger partial charge in [-0.2, -0.15) is 13.9 Å². The van der Waals surface area contributed by atoms with Gasteiger partial charge in [-0.15, -0.1) is 0 Å². The van der Waals surface area contributed by atoms with E-state index < -0.39 is 6.61 Å². The van der Waals surface area contributed by atoms with Crippen molar-refractivity contribution in [2.75, 3.05) is 5.32 Å². The highest BCUT2D eigenvalue weighted by atomic mass is 19.3. The maximum atomic E-state index is 12.8. The van der Waals surface area contributed by atoms with E-state index in [1.807, 2.05) is 20.8 Å². The molecule has 0 spiro atoms. The topological polar surface area (TPSA) is 69.0 Å². The van der Waals surface area contributed by atoms with Crippen LogP contribution in [0.3, 0.4) is 0 Å². The number of halogens is 2. The summed E-state index contributed by atoms with van der Waals surface area (Å²) in [4.78, 5) is 16.4. The summed E-state index contributed by atoms with van der Waals surface area (Å²) < 4.78 is 31.6. The Labute approximate surface area is 167 Å². The lowest BCUT2D eigenvalue weighted by atomic mass is 9.93. The van der Waals surface area contributed by atoms with Gasteiger partial charge in [0.05, 0.1) is 11.4 Å². The highest BCUT2D eigenvalue weighted by Gasteiger charge is 2.23. The molecule has 3 rings (SSSR count). The van der Waals surface area contributed by atoms with Crippen LogP contribution < -0.4 is 10.1 Å². The third kappa shape index (κ3) is 4.77. The molecule has 0 aliphatic heterocycles. The molecule has 29 heavy (non-hydrogen) atoms. The molecule has 0 unspecified atom stereocenters. The van der Waals surface area contributed by atoms with Crippen LogP contribution >= 0.6 is 0 Å². The van der Waals surface area contributed by atoms with E-state index in [0.29, 0.717) is 22.6 Å². The summed E-state index contributed by atoms with van der Waals surface area (Å²) in [5, 5.41) is 7.22. The Hall–Kier alpha value is -3.29. The molecule has 0 aliphatic carbocycles. The van der Waals surface area contributed by atoms with Gasteiger partial charge in [0.1, 0.15) is 0 Å². The van der Waals surface area contributed by atoms with Crippen molar-refractivity contribution >= 4 is 11.6 Å². The van der Waals surface area contributed by atoms with Crippen molar-refractivity contribution in [1.29, 1.82) is 0 Å². The number of ether oxygens (including phenoxy) is 1. The van der Waals surface area contributed by atoms with Gasteiger partial charge in [-0.25, -0.2) is 4.68 Å². The lowest BCUT2D eigenvalue weighted by Gasteiger charge is -2.14. The lowest BCUT2D eigenvalue weighted by Crippen LogP contribution is -2.14. The summed E-state index contributed by atoms with van der Waals surface area (Å²) in [7, 11) is 0. The zero-order valence-electron chi connectivity index (χ0n) is 16.6. The van der Waals surface area contributed by atoms with Crippen molar-refractivity contribution in [2.24, 2.45) is 0 Å². The number of benzene rings is 1. The Balaban J connectivity index is 1.85. The van der Waals surface area contributed by atoms with E-state index in [1.54, 1.807) is 49.6 Å². The molecule has 0 saturated carbocycles. The van der Waals surface area contributed by atoms with Crippen LogP contribution in [-0.2, 0) is 5.41 Å². The van der Waals surface area contributed by atoms with Crippen LogP contribution in [0.2, 0.25) is 0 Å². The Morgan fingerprint density at radius 2 is 1.86 bits per heavy atom. The number of carbonyl (C=O) groups is 1. The second kappa shape index (κ2) is 7.98. The van der Waals surface area contributed by atoms with E-state index in [2.05, 4.69) is 20.1 Å². The number of hydrogen-bond acceptors (Lipinski definition) is 4. The number of hydrogen-bond donors (Lipinski definition) is 1. The van der Waals surface area contributed by atoms with Crippen LogP contribution in [0.25, 0.3) is 5.69 Å². The molecule has 1 aromatic carbocycles. The van der Waals surface area contributed by atoms with E-state index >= 15 is 0 Å². The molecule has 0 saturated heterocycles. The number of pyridine rings is 1. The number of nitrogens with one attached hydrogen (secondary N) is 1. The predicted octanol–water partition coefficient (Wildman–Crippen LogP) is 4.73. The Morgan fingerprint density at radius 1 is 1.17 bits per heavy atom. The summed E-state index contributed by atoms with van der Waals surface area (Å²) in [6.07, 6.45) is 3.17. The molecule has 0 radical (unpaired) electrons. The Kier molecular flexibility index (Phi) is 5.63. The first kappa shape index (κ1) is 20.4. The van der Waals surface area contributed by atoms with Crippen molar-refractivity contribution in [1.82, 2.24) is 14.8 Å². The van der Waals surface area contributed by atoms with Gasteiger partial charge in [-0.05, 0) is 42.8 Å². The van der Waals surface area contributed by atoms with E-state index in [4.69, 9.17) is 0 Å². The van der Waals surface area contributed by atoms with Gasteiger partial charge in [0.15, 0.2) is 0 Å². The van der Waals surface area contributed by atoms with Crippen molar-refractivity contribution in [3.63, 3.8) is 0 Å². The van der Waals surface area contributed by atoms with Gasteiger partial charge in [0.2, 0.25) is 5.88 Å². The molecule has 1 N–H and O–H groups in total. The number of alkyl halides is 2. The summed E-state index contributed by atoms with van der Waals surface area (Å²) in [6.45, 7) is 4.66. The molecule has 2 aromatic heterocycles. The molecule has 152 valence electrons. The van der Waals surface area contributed by atoms with Crippen molar-refractivity contribution in [2.45, 2.75) is 39.7 Å². The third-order valence-electron chi connectivity index (χ3n) is 4.29. The highest BCUT2D eigenvalue weighted by molar-refractivity contribution is 6.05. The van der Waals surface area contributed by atoms with Gasteiger partial charge >= 0.3 is 6.61 Å². The number of nitrogens with zero attached hydrogens (tertiary/aromatic N) is 3. The molecule has 0 bridgehead atoms. The number of aryl methyl sites for hydroxylation is 1. The van der Waals surface area contributed by atoms with E-state index in [-0.39, 0.29) is 17.2 Å². The first-order chi connectivity index (χ1) is 13.6. The number of anilines is 1. The Morgan fingerprint density at radius 3 is 2.45 bits per heavy atom. The number of aromatic nitrogens is 3. The average molecular weight is 400 g/mol. The average Bonchev–Trinajstić information content (AvgIpc) is 3.06. The summed E-state index contributed by atoms with van der Waals surface area (Å²) in [6, 6.07) is 9.85. The molecule has 6 nitrogen and oxygen atoms in total. The van der Waals surface area contributed by atoms with E-state index in [9.17, 15) is 13.6 Å². The van der Waals surface area contributed by atoms with Gasteiger partial charge in [-0.1, -0.05) is 20.8 Å². The van der Waals surface area contributed by atoms with Crippen LogP contribution in [0.4, 0.5) is 14.5 Å². The van der Waals surface area contributed by atoms with Gasteiger partial charge in [-0.3, -0.25) is 9.78 Å². The molecular weight excluding hydrogens is 378 g/mol. The van der Waals surface area contributed by atoms with Crippen LogP contribution in [-0.4, -0.2) is 27.3 Å².